The number of carbonyl (C=O) groups is 1. The Labute approximate surface area is 134 Å². The van der Waals surface area contributed by atoms with E-state index in [0.717, 1.165) is 6.26 Å². The van der Waals surface area contributed by atoms with Crippen molar-refractivity contribution < 1.29 is 13.2 Å². The van der Waals surface area contributed by atoms with E-state index in [2.05, 4.69) is 10.4 Å². The zero-order valence-electron chi connectivity index (χ0n) is 13.6. The molecule has 0 radical (unpaired) electrons. The monoisotopic (exact) mass is 337 g/mol. The van der Waals surface area contributed by atoms with Crippen LogP contribution in [0.5, 0.6) is 0 Å². The van der Waals surface area contributed by atoms with Gasteiger partial charge in [0.25, 0.3) is 5.56 Å². The number of nitrogens with one attached hydrogen (secondary N) is 2. The summed E-state index contributed by atoms with van der Waals surface area (Å²) in [5.41, 5.74) is 1.27. The molecule has 1 aromatic carbocycles. The van der Waals surface area contributed by atoms with Crippen LogP contribution in [0.15, 0.2) is 21.8 Å². The summed E-state index contributed by atoms with van der Waals surface area (Å²) < 4.78 is 24.9. The minimum Gasteiger partial charge on any atom is -0.387 e. The molecule has 0 unspecified atom stereocenters. The molecule has 0 fully saturated rings. The van der Waals surface area contributed by atoms with Gasteiger partial charge in [0.15, 0.2) is 9.84 Å². The van der Waals surface area contributed by atoms with Crippen LogP contribution in [0.3, 0.4) is 0 Å². The summed E-state index contributed by atoms with van der Waals surface area (Å²) in [5, 5.41) is 5.61. The number of hydrogen-bond acceptors (Lipinski definition) is 5. The van der Waals surface area contributed by atoms with Crippen LogP contribution >= 0.6 is 0 Å². The number of benzene rings is 1. The first kappa shape index (κ1) is 17.0. The van der Waals surface area contributed by atoms with Crippen molar-refractivity contribution in [1.82, 2.24) is 9.78 Å². The van der Waals surface area contributed by atoms with Gasteiger partial charge in [-0.3, -0.25) is 19.4 Å². The second-order valence-electron chi connectivity index (χ2n) is 5.44. The van der Waals surface area contributed by atoms with Crippen LogP contribution in [0, 0.1) is 13.8 Å². The van der Waals surface area contributed by atoms with Crippen molar-refractivity contribution in [2.75, 3.05) is 18.6 Å². The summed E-state index contributed by atoms with van der Waals surface area (Å²) in [6.07, 6.45) is 1.11. The fourth-order valence-electron chi connectivity index (χ4n) is 2.64. The fourth-order valence-corrected chi connectivity index (χ4v) is 3.58. The first-order valence-electron chi connectivity index (χ1n) is 6.91. The molecule has 0 bridgehead atoms. The fraction of sp³-hybridized carbons (Fsp3) is 0.333. The summed E-state index contributed by atoms with van der Waals surface area (Å²) in [6, 6.07) is 2.83. The largest absolute Gasteiger partial charge is 0.387 e. The Bertz CT molecular complexity index is 952. The molecule has 2 rings (SSSR count). The Kier molecular flexibility index (Phi) is 4.21. The topological polar surface area (TPSA) is 101 Å². The normalized spacial score (nSPS) is 11.5. The predicted octanol–water partition coefficient (Wildman–Crippen LogP) is 1.01. The van der Waals surface area contributed by atoms with Crippen LogP contribution < -0.4 is 10.9 Å². The number of aromatic amines is 1. The van der Waals surface area contributed by atoms with E-state index in [1.54, 1.807) is 20.9 Å². The highest BCUT2D eigenvalue weighted by Gasteiger charge is 2.24. The zero-order chi connectivity index (χ0) is 17.5. The number of rotatable bonds is 4. The summed E-state index contributed by atoms with van der Waals surface area (Å²) in [7, 11) is -0.312. The van der Waals surface area contributed by atoms with Gasteiger partial charge >= 0.3 is 0 Å². The van der Waals surface area contributed by atoms with Crippen LogP contribution in [0.4, 0.5) is 5.69 Å². The highest BCUT2D eigenvalue weighted by Crippen LogP contribution is 2.29. The number of carbonyl (C=O) groups excluding carboxylic acids is 1. The minimum absolute atomic E-state index is 0.0600. The number of ketones is 1. The van der Waals surface area contributed by atoms with E-state index < -0.39 is 21.2 Å². The first-order chi connectivity index (χ1) is 10.6. The zero-order valence-corrected chi connectivity index (χ0v) is 14.5. The summed E-state index contributed by atoms with van der Waals surface area (Å²) in [4.78, 5) is 25.0. The average Bonchev–Trinajstić information content (AvgIpc) is 2.70. The molecule has 2 aromatic rings. The smallest absolute Gasteiger partial charge is 0.277 e. The van der Waals surface area contributed by atoms with Gasteiger partial charge in [0.2, 0.25) is 5.78 Å². The summed E-state index contributed by atoms with van der Waals surface area (Å²) in [5.74, 6) is -0.432. The molecule has 0 amide bonds. The van der Waals surface area contributed by atoms with Crippen molar-refractivity contribution in [1.29, 1.82) is 0 Å². The van der Waals surface area contributed by atoms with Gasteiger partial charge < -0.3 is 5.32 Å². The van der Waals surface area contributed by atoms with Crippen molar-refractivity contribution in [3.05, 3.63) is 44.9 Å². The average molecular weight is 337 g/mol. The molecule has 0 aliphatic carbocycles. The minimum atomic E-state index is -3.43. The predicted molar refractivity (Wildman–Crippen MR) is 88.0 cm³/mol. The number of nitrogens with zero attached hydrogens (tertiary/aromatic N) is 1. The number of anilines is 1. The first-order valence-corrected chi connectivity index (χ1v) is 8.80. The molecule has 23 heavy (non-hydrogen) atoms. The molecule has 0 spiro atoms. The van der Waals surface area contributed by atoms with E-state index in [9.17, 15) is 18.0 Å². The molecule has 0 saturated carbocycles. The molecule has 2 N–H and O–H groups in total. The molecule has 1 aromatic heterocycles. The molecule has 8 heteroatoms. The van der Waals surface area contributed by atoms with E-state index in [1.165, 1.54) is 23.9 Å². The van der Waals surface area contributed by atoms with Gasteiger partial charge in [-0.2, -0.15) is 0 Å². The van der Waals surface area contributed by atoms with E-state index in [0.29, 0.717) is 22.5 Å². The number of aryl methyl sites for hydroxylation is 2. The van der Waals surface area contributed by atoms with E-state index >= 15 is 0 Å². The number of hydrogen-bond donors (Lipinski definition) is 2. The Morgan fingerprint density at radius 1 is 1.26 bits per heavy atom. The number of aromatic nitrogens is 2. The molecule has 7 nitrogen and oxygen atoms in total. The van der Waals surface area contributed by atoms with Gasteiger partial charge in [-0.15, -0.1) is 0 Å². The molecule has 1 heterocycles. The lowest BCUT2D eigenvalue weighted by Crippen LogP contribution is -2.20. The lowest BCUT2D eigenvalue weighted by molar-refractivity contribution is 0.103. The second-order valence-corrected chi connectivity index (χ2v) is 7.42. The van der Waals surface area contributed by atoms with Gasteiger partial charge in [-0.1, -0.05) is 0 Å². The van der Waals surface area contributed by atoms with Crippen LogP contribution in [0.2, 0.25) is 0 Å². The summed E-state index contributed by atoms with van der Waals surface area (Å²) in [6.45, 7) is 3.30. The van der Waals surface area contributed by atoms with Crippen LogP contribution in [-0.2, 0) is 16.9 Å². The van der Waals surface area contributed by atoms with E-state index in [-0.39, 0.29) is 10.5 Å². The molecular weight excluding hydrogens is 318 g/mol. The molecule has 0 atom stereocenters. The Balaban J connectivity index is 2.71. The van der Waals surface area contributed by atoms with Gasteiger partial charge in [-0.25, -0.2) is 8.42 Å². The molecule has 0 aliphatic heterocycles. The molecule has 124 valence electrons. The van der Waals surface area contributed by atoms with Gasteiger partial charge in [-0.05, 0) is 31.5 Å². The summed E-state index contributed by atoms with van der Waals surface area (Å²) >= 11 is 0. The Morgan fingerprint density at radius 3 is 2.30 bits per heavy atom. The Morgan fingerprint density at radius 2 is 1.87 bits per heavy atom. The maximum atomic E-state index is 12.7. The Hall–Kier alpha value is -2.35. The van der Waals surface area contributed by atoms with Crippen LogP contribution in [-0.4, -0.2) is 37.3 Å². The lowest BCUT2D eigenvalue weighted by Gasteiger charge is -2.14. The van der Waals surface area contributed by atoms with Crippen molar-refractivity contribution in [3.63, 3.8) is 0 Å². The maximum absolute atomic E-state index is 12.7. The van der Waals surface area contributed by atoms with Crippen molar-refractivity contribution in [2.45, 2.75) is 18.7 Å². The van der Waals surface area contributed by atoms with Gasteiger partial charge in [0, 0.05) is 31.6 Å². The highest BCUT2D eigenvalue weighted by molar-refractivity contribution is 7.90. The standard InChI is InChI=1S/C15H19N3O4S/c1-8-10(6-7-11(13(8)16-3)23(5,21)22)14(19)12-9(2)17-18(4)15(12)20/h6-7,16-17H,1-5H3. The van der Waals surface area contributed by atoms with Crippen molar-refractivity contribution in [3.8, 4) is 0 Å². The SMILES string of the molecule is CNc1c(S(C)(=O)=O)ccc(C(=O)c2c(C)[nH]n(C)c2=O)c1C. The van der Waals surface area contributed by atoms with Crippen molar-refractivity contribution in [2.24, 2.45) is 7.05 Å². The third-order valence-electron chi connectivity index (χ3n) is 3.78. The molecule has 0 saturated heterocycles. The van der Waals surface area contributed by atoms with Crippen molar-refractivity contribution >= 4 is 21.3 Å². The quantitative estimate of drug-likeness (QED) is 0.811. The highest BCUT2D eigenvalue weighted by atomic mass is 32.2. The van der Waals surface area contributed by atoms with Gasteiger partial charge in [0.05, 0.1) is 10.6 Å². The van der Waals surface area contributed by atoms with Crippen LogP contribution in [0.25, 0.3) is 0 Å². The van der Waals surface area contributed by atoms with E-state index in [4.69, 9.17) is 0 Å². The molecular formula is C15H19N3O4S. The third kappa shape index (κ3) is 2.81. The lowest BCUT2D eigenvalue weighted by atomic mass is 9.98. The number of sulfone groups is 1. The molecule has 0 aliphatic rings. The maximum Gasteiger partial charge on any atom is 0.277 e. The van der Waals surface area contributed by atoms with Crippen LogP contribution in [0.1, 0.15) is 27.2 Å². The third-order valence-corrected chi connectivity index (χ3v) is 4.92. The van der Waals surface area contributed by atoms with E-state index in [1.807, 2.05) is 0 Å². The van der Waals surface area contributed by atoms with Gasteiger partial charge in [0.1, 0.15) is 5.56 Å². The second kappa shape index (κ2) is 5.69. The number of H-pyrrole nitrogens is 1.